The summed E-state index contributed by atoms with van der Waals surface area (Å²) in [5, 5.41) is 12.3. The normalized spacial score (nSPS) is 16.6. The lowest BCUT2D eigenvalue weighted by Gasteiger charge is -2.15. The number of anilines is 3. The Morgan fingerprint density at radius 1 is 1.35 bits per heavy atom. The van der Waals surface area contributed by atoms with Gasteiger partial charge in [-0.3, -0.25) is 0 Å². The number of rotatable bonds is 5. The first-order valence-corrected chi connectivity index (χ1v) is 5.58. The standard InChI is InChI=1S/C10H18N6O/c1-16(2)9-14-7(11)13-8(15-9)12-5-10(6-17)3-4-10/h17H,3-6H2,1-2H3,(H3,11,12,13,14,15). The fourth-order valence-electron chi connectivity index (χ4n) is 1.49. The van der Waals surface area contributed by atoms with Crippen molar-refractivity contribution in [2.45, 2.75) is 12.8 Å². The van der Waals surface area contributed by atoms with E-state index in [9.17, 15) is 5.11 Å². The third kappa shape index (κ3) is 2.73. The predicted molar refractivity (Wildman–Crippen MR) is 65.8 cm³/mol. The second-order valence-electron chi connectivity index (χ2n) is 4.72. The van der Waals surface area contributed by atoms with E-state index in [4.69, 9.17) is 5.73 Å². The van der Waals surface area contributed by atoms with Crippen LogP contribution in [0.25, 0.3) is 0 Å². The summed E-state index contributed by atoms with van der Waals surface area (Å²) in [5.74, 6) is 1.18. The zero-order valence-electron chi connectivity index (χ0n) is 10.1. The van der Waals surface area contributed by atoms with Crippen LogP contribution in [-0.4, -0.2) is 47.3 Å². The molecule has 4 N–H and O–H groups in total. The molecular weight excluding hydrogens is 220 g/mol. The highest BCUT2D eigenvalue weighted by atomic mass is 16.3. The van der Waals surface area contributed by atoms with Crippen LogP contribution in [0.4, 0.5) is 17.8 Å². The van der Waals surface area contributed by atoms with Crippen molar-refractivity contribution in [1.29, 1.82) is 0 Å². The smallest absolute Gasteiger partial charge is 0.231 e. The van der Waals surface area contributed by atoms with Crippen molar-refractivity contribution in [2.75, 3.05) is 43.2 Å². The first-order chi connectivity index (χ1) is 8.04. The third-order valence-electron chi connectivity index (χ3n) is 2.95. The number of hydrogen-bond acceptors (Lipinski definition) is 7. The number of nitrogens with two attached hydrogens (primary N) is 1. The minimum atomic E-state index is 0.0136. The van der Waals surface area contributed by atoms with Crippen molar-refractivity contribution in [3.8, 4) is 0 Å². The average Bonchev–Trinajstić information content (AvgIpc) is 3.06. The topological polar surface area (TPSA) is 100 Å². The van der Waals surface area contributed by atoms with Gasteiger partial charge in [-0.2, -0.15) is 15.0 Å². The first kappa shape index (κ1) is 11.8. The average molecular weight is 238 g/mol. The van der Waals surface area contributed by atoms with Crippen molar-refractivity contribution >= 4 is 17.8 Å². The molecule has 1 aliphatic carbocycles. The molecule has 0 atom stereocenters. The first-order valence-electron chi connectivity index (χ1n) is 5.58. The molecule has 0 unspecified atom stereocenters. The van der Waals surface area contributed by atoms with Crippen LogP contribution < -0.4 is 16.0 Å². The number of nitrogens with zero attached hydrogens (tertiary/aromatic N) is 4. The molecule has 7 nitrogen and oxygen atoms in total. The van der Waals surface area contributed by atoms with Crippen molar-refractivity contribution < 1.29 is 5.11 Å². The number of aliphatic hydroxyl groups excluding tert-OH is 1. The molecule has 2 rings (SSSR count). The molecule has 7 heteroatoms. The maximum absolute atomic E-state index is 9.21. The number of nitrogens with one attached hydrogen (secondary N) is 1. The van der Waals surface area contributed by atoms with Crippen molar-refractivity contribution in [3.05, 3.63) is 0 Å². The number of aliphatic hydroxyl groups is 1. The van der Waals surface area contributed by atoms with Gasteiger partial charge in [0.25, 0.3) is 0 Å². The van der Waals surface area contributed by atoms with Gasteiger partial charge in [-0.25, -0.2) is 0 Å². The third-order valence-corrected chi connectivity index (χ3v) is 2.95. The summed E-state index contributed by atoms with van der Waals surface area (Å²) in [7, 11) is 3.68. The van der Waals surface area contributed by atoms with Crippen LogP contribution in [-0.2, 0) is 0 Å². The monoisotopic (exact) mass is 238 g/mol. The summed E-state index contributed by atoms with van der Waals surface area (Å²) in [6.07, 6.45) is 2.08. The Bertz CT molecular complexity index is 404. The molecule has 1 heterocycles. The number of aromatic nitrogens is 3. The van der Waals surface area contributed by atoms with Crippen LogP contribution in [0, 0.1) is 5.41 Å². The molecule has 0 saturated heterocycles. The Hall–Kier alpha value is -1.63. The second-order valence-corrected chi connectivity index (χ2v) is 4.72. The van der Waals surface area contributed by atoms with Crippen LogP contribution in [0.1, 0.15) is 12.8 Å². The maximum atomic E-state index is 9.21. The molecule has 1 aliphatic rings. The lowest BCUT2D eigenvalue weighted by Crippen LogP contribution is -2.22. The van der Waals surface area contributed by atoms with Gasteiger partial charge in [0.1, 0.15) is 0 Å². The molecule has 1 fully saturated rings. The van der Waals surface area contributed by atoms with Crippen molar-refractivity contribution in [1.82, 2.24) is 15.0 Å². The van der Waals surface area contributed by atoms with Crippen LogP contribution in [0.3, 0.4) is 0 Å². The van der Waals surface area contributed by atoms with E-state index in [1.54, 1.807) is 4.90 Å². The van der Waals surface area contributed by atoms with E-state index in [1.807, 2.05) is 14.1 Å². The van der Waals surface area contributed by atoms with Crippen LogP contribution in [0.15, 0.2) is 0 Å². The van der Waals surface area contributed by atoms with Gasteiger partial charge in [0.2, 0.25) is 17.8 Å². The summed E-state index contributed by atoms with van der Waals surface area (Å²) >= 11 is 0. The van der Waals surface area contributed by atoms with Gasteiger partial charge in [0.15, 0.2) is 0 Å². The minimum Gasteiger partial charge on any atom is -0.396 e. The van der Waals surface area contributed by atoms with E-state index in [2.05, 4.69) is 20.3 Å². The molecule has 1 aromatic rings. The molecule has 0 amide bonds. The van der Waals surface area contributed by atoms with E-state index in [1.165, 1.54) is 0 Å². The molecule has 0 spiro atoms. The van der Waals surface area contributed by atoms with Gasteiger partial charge >= 0.3 is 0 Å². The quantitative estimate of drug-likeness (QED) is 0.647. The van der Waals surface area contributed by atoms with E-state index in [0.717, 1.165) is 12.8 Å². The Labute approximate surface area is 100 Å². The second kappa shape index (κ2) is 4.33. The highest BCUT2D eigenvalue weighted by molar-refractivity contribution is 5.41. The molecular formula is C10H18N6O. The highest BCUT2D eigenvalue weighted by Crippen LogP contribution is 2.44. The van der Waals surface area contributed by atoms with Crippen molar-refractivity contribution in [3.63, 3.8) is 0 Å². The molecule has 0 aliphatic heterocycles. The predicted octanol–water partition coefficient (Wildman–Crippen LogP) is -0.296. The summed E-state index contributed by atoms with van der Waals surface area (Å²) < 4.78 is 0. The molecule has 0 bridgehead atoms. The Morgan fingerprint density at radius 3 is 2.59 bits per heavy atom. The zero-order valence-corrected chi connectivity index (χ0v) is 10.1. The SMILES string of the molecule is CN(C)c1nc(N)nc(NCC2(CO)CC2)n1. The summed E-state index contributed by atoms with van der Waals surface area (Å²) in [6.45, 7) is 0.862. The molecule has 1 saturated carbocycles. The Balaban J connectivity index is 2.05. The number of nitrogen functional groups attached to an aromatic ring is 1. The maximum Gasteiger partial charge on any atom is 0.231 e. The van der Waals surface area contributed by atoms with Gasteiger partial charge in [0, 0.05) is 26.1 Å². The lowest BCUT2D eigenvalue weighted by molar-refractivity contribution is 0.219. The largest absolute Gasteiger partial charge is 0.396 e. The van der Waals surface area contributed by atoms with E-state index in [-0.39, 0.29) is 18.0 Å². The fourth-order valence-corrected chi connectivity index (χ4v) is 1.49. The summed E-state index contributed by atoms with van der Waals surface area (Å²) in [5.41, 5.74) is 5.62. The minimum absolute atomic E-state index is 0.0136. The van der Waals surface area contributed by atoms with Gasteiger partial charge in [0.05, 0.1) is 6.61 Å². The van der Waals surface area contributed by atoms with Gasteiger partial charge in [-0.15, -0.1) is 0 Å². The molecule has 94 valence electrons. The molecule has 0 aromatic carbocycles. The van der Waals surface area contributed by atoms with Gasteiger partial charge in [-0.1, -0.05) is 0 Å². The van der Waals surface area contributed by atoms with E-state index >= 15 is 0 Å². The van der Waals surface area contributed by atoms with Crippen LogP contribution in [0.5, 0.6) is 0 Å². The van der Waals surface area contributed by atoms with Gasteiger partial charge in [-0.05, 0) is 12.8 Å². The number of hydrogen-bond donors (Lipinski definition) is 3. The summed E-state index contributed by atoms with van der Waals surface area (Å²) in [4.78, 5) is 14.0. The molecule has 0 radical (unpaired) electrons. The molecule has 17 heavy (non-hydrogen) atoms. The van der Waals surface area contributed by atoms with E-state index < -0.39 is 0 Å². The summed E-state index contributed by atoms with van der Waals surface area (Å²) in [6, 6.07) is 0. The molecule has 1 aromatic heterocycles. The van der Waals surface area contributed by atoms with Gasteiger partial charge < -0.3 is 21.1 Å². The highest BCUT2D eigenvalue weighted by Gasteiger charge is 2.41. The zero-order chi connectivity index (χ0) is 12.5. The van der Waals surface area contributed by atoms with Crippen molar-refractivity contribution in [2.24, 2.45) is 5.41 Å². The lowest BCUT2D eigenvalue weighted by atomic mass is 10.1. The fraction of sp³-hybridized carbons (Fsp3) is 0.700. The van der Waals surface area contributed by atoms with E-state index in [0.29, 0.717) is 18.4 Å². The Kier molecular flexibility index (Phi) is 3.01. The van der Waals surface area contributed by atoms with Crippen LogP contribution >= 0.6 is 0 Å². The Morgan fingerprint density at radius 2 is 2.06 bits per heavy atom. The van der Waals surface area contributed by atoms with Crippen LogP contribution in [0.2, 0.25) is 0 Å².